The van der Waals surface area contributed by atoms with Crippen molar-refractivity contribution in [3.63, 3.8) is 0 Å². The van der Waals surface area contributed by atoms with Gasteiger partial charge in [0.2, 0.25) is 0 Å². The zero-order chi connectivity index (χ0) is 15.0. The molecule has 0 aromatic rings. The van der Waals surface area contributed by atoms with E-state index in [1.807, 2.05) is 0 Å². The van der Waals surface area contributed by atoms with E-state index in [0.29, 0.717) is 6.42 Å². The Morgan fingerprint density at radius 1 is 1.32 bits per heavy atom. The molecule has 0 fully saturated rings. The first-order valence-corrected chi connectivity index (χ1v) is 6.09. The van der Waals surface area contributed by atoms with Gasteiger partial charge in [0.1, 0.15) is 0 Å². The number of amides is 2. The van der Waals surface area contributed by atoms with Crippen LogP contribution in [0, 0.1) is 5.92 Å². The summed E-state index contributed by atoms with van der Waals surface area (Å²) >= 11 is 0. The van der Waals surface area contributed by atoms with Crippen LogP contribution in [-0.2, 0) is 14.3 Å². The lowest BCUT2D eigenvalue weighted by Crippen LogP contribution is -2.44. The lowest BCUT2D eigenvalue weighted by atomic mass is 10.1. The number of aliphatic carboxylic acids is 1. The number of carbonyl (C=O) groups is 3. The van der Waals surface area contributed by atoms with Gasteiger partial charge in [0.15, 0.2) is 0 Å². The van der Waals surface area contributed by atoms with Crippen molar-refractivity contribution >= 4 is 18.0 Å². The highest BCUT2D eigenvalue weighted by Gasteiger charge is 2.19. The molecule has 0 aromatic carbocycles. The Balaban J connectivity index is 4.12. The number of methoxy groups -OCH3 is 1. The maximum atomic E-state index is 11.8. The summed E-state index contributed by atoms with van der Waals surface area (Å²) in [5.41, 5.74) is 0. The number of esters is 1. The lowest BCUT2D eigenvalue weighted by Gasteiger charge is -2.23. The van der Waals surface area contributed by atoms with Gasteiger partial charge in [-0.05, 0) is 13.3 Å². The molecule has 0 radical (unpaired) electrons. The van der Waals surface area contributed by atoms with Gasteiger partial charge in [-0.2, -0.15) is 0 Å². The number of nitrogens with zero attached hydrogens (tertiary/aromatic N) is 1. The molecule has 110 valence electrons. The van der Waals surface area contributed by atoms with Crippen LogP contribution in [0.25, 0.3) is 0 Å². The van der Waals surface area contributed by atoms with E-state index in [2.05, 4.69) is 10.1 Å². The van der Waals surface area contributed by atoms with Gasteiger partial charge in [-0.15, -0.1) is 0 Å². The SMILES string of the molecule is COC(=O)C(C)CN(C)C(=O)NC(C)CCC(=O)O. The lowest BCUT2D eigenvalue weighted by molar-refractivity contribution is -0.145. The Bertz CT molecular complexity index is 332. The van der Waals surface area contributed by atoms with E-state index >= 15 is 0 Å². The molecular formula is C12H22N2O5. The van der Waals surface area contributed by atoms with Crippen LogP contribution in [0.3, 0.4) is 0 Å². The van der Waals surface area contributed by atoms with Gasteiger partial charge in [0.25, 0.3) is 0 Å². The van der Waals surface area contributed by atoms with Crippen LogP contribution in [0.15, 0.2) is 0 Å². The number of rotatable bonds is 7. The van der Waals surface area contributed by atoms with Gasteiger partial charge < -0.3 is 20.1 Å². The van der Waals surface area contributed by atoms with E-state index in [-0.39, 0.29) is 31.0 Å². The summed E-state index contributed by atoms with van der Waals surface area (Å²) in [6, 6.07) is -0.576. The highest BCUT2D eigenvalue weighted by Crippen LogP contribution is 2.02. The van der Waals surface area contributed by atoms with E-state index < -0.39 is 11.9 Å². The predicted octanol–water partition coefficient (Wildman–Crippen LogP) is 0.690. The summed E-state index contributed by atoms with van der Waals surface area (Å²) < 4.78 is 4.58. The van der Waals surface area contributed by atoms with Gasteiger partial charge in [0, 0.05) is 26.1 Å². The number of urea groups is 1. The van der Waals surface area contributed by atoms with Crippen LogP contribution >= 0.6 is 0 Å². The zero-order valence-corrected chi connectivity index (χ0v) is 11.8. The number of nitrogens with one attached hydrogen (secondary N) is 1. The molecule has 0 aliphatic rings. The average Bonchev–Trinajstić information content (AvgIpc) is 2.34. The maximum Gasteiger partial charge on any atom is 0.317 e. The molecule has 2 unspecified atom stereocenters. The van der Waals surface area contributed by atoms with Crippen molar-refractivity contribution in [2.45, 2.75) is 32.7 Å². The van der Waals surface area contributed by atoms with E-state index in [1.54, 1.807) is 20.9 Å². The largest absolute Gasteiger partial charge is 0.481 e. The Kier molecular flexibility index (Phi) is 7.55. The van der Waals surface area contributed by atoms with Crippen molar-refractivity contribution in [1.82, 2.24) is 10.2 Å². The third-order valence-corrected chi connectivity index (χ3v) is 2.66. The van der Waals surface area contributed by atoms with Crippen molar-refractivity contribution in [2.75, 3.05) is 20.7 Å². The van der Waals surface area contributed by atoms with Crippen LogP contribution in [0.2, 0.25) is 0 Å². The van der Waals surface area contributed by atoms with Crippen molar-refractivity contribution < 1.29 is 24.2 Å². The van der Waals surface area contributed by atoms with Crippen LogP contribution < -0.4 is 5.32 Å². The normalized spacial score (nSPS) is 13.3. The summed E-state index contributed by atoms with van der Waals surface area (Å²) in [5, 5.41) is 11.2. The highest BCUT2D eigenvalue weighted by molar-refractivity contribution is 5.76. The summed E-state index contributed by atoms with van der Waals surface area (Å²) in [6.07, 6.45) is 0.366. The van der Waals surface area contributed by atoms with Crippen LogP contribution in [0.5, 0.6) is 0 Å². The van der Waals surface area contributed by atoms with Crippen LogP contribution in [-0.4, -0.2) is 54.7 Å². The molecule has 2 amide bonds. The number of ether oxygens (including phenoxy) is 1. The zero-order valence-electron chi connectivity index (χ0n) is 11.8. The standard InChI is InChI=1S/C12H22N2O5/c1-8(11(17)19-4)7-14(3)12(18)13-9(2)5-6-10(15)16/h8-9H,5-7H2,1-4H3,(H,13,18)(H,15,16). The topological polar surface area (TPSA) is 95.9 Å². The minimum absolute atomic E-state index is 0.00369. The maximum absolute atomic E-state index is 11.8. The molecule has 19 heavy (non-hydrogen) atoms. The predicted molar refractivity (Wildman–Crippen MR) is 68.7 cm³/mol. The van der Waals surface area contributed by atoms with E-state index in [0.717, 1.165) is 0 Å². The molecule has 0 heterocycles. The molecule has 2 atom stereocenters. The van der Waals surface area contributed by atoms with E-state index in [9.17, 15) is 14.4 Å². The second kappa shape index (κ2) is 8.34. The number of hydrogen-bond donors (Lipinski definition) is 2. The molecule has 0 rings (SSSR count). The van der Waals surface area contributed by atoms with Crippen molar-refractivity contribution in [1.29, 1.82) is 0 Å². The molecule has 0 aromatic heterocycles. The smallest absolute Gasteiger partial charge is 0.317 e. The average molecular weight is 274 g/mol. The monoisotopic (exact) mass is 274 g/mol. The molecule has 0 saturated heterocycles. The Morgan fingerprint density at radius 3 is 2.37 bits per heavy atom. The first kappa shape index (κ1) is 17.2. The van der Waals surface area contributed by atoms with Gasteiger partial charge in [0.05, 0.1) is 13.0 Å². The minimum atomic E-state index is -0.895. The fourth-order valence-electron chi connectivity index (χ4n) is 1.50. The van der Waals surface area contributed by atoms with Crippen molar-refractivity contribution in [2.24, 2.45) is 5.92 Å². The van der Waals surface area contributed by atoms with Gasteiger partial charge in [-0.3, -0.25) is 9.59 Å². The molecule has 2 N–H and O–H groups in total. The Labute approximate surface area is 112 Å². The molecule has 0 aliphatic carbocycles. The van der Waals surface area contributed by atoms with Gasteiger partial charge >= 0.3 is 18.0 Å². The van der Waals surface area contributed by atoms with Gasteiger partial charge in [-0.1, -0.05) is 6.92 Å². The van der Waals surface area contributed by atoms with E-state index in [1.165, 1.54) is 12.0 Å². The summed E-state index contributed by atoms with van der Waals surface area (Å²) in [5.74, 6) is -1.68. The quantitative estimate of drug-likeness (QED) is 0.666. The van der Waals surface area contributed by atoms with Crippen molar-refractivity contribution in [3.05, 3.63) is 0 Å². The fourth-order valence-corrected chi connectivity index (χ4v) is 1.50. The first-order chi connectivity index (χ1) is 8.77. The third kappa shape index (κ3) is 7.28. The highest BCUT2D eigenvalue weighted by atomic mass is 16.5. The molecule has 7 heteroatoms. The van der Waals surface area contributed by atoms with Crippen molar-refractivity contribution in [3.8, 4) is 0 Å². The Morgan fingerprint density at radius 2 is 1.89 bits per heavy atom. The second-order valence-corrected chi connectivity index (χ2v) is 4.59. The third-order valence-electron chi connectivity index (χ3n) is 2.66. The number of carbonyl (C=O) groups excluding carboxylic acids is 2. The summed E-state index contributed by atoms with van der Waals surface area (Å²) in [4.78, 5) is 34.8. The molecule has 0 bridgehead atoms. The molecular weight excluding hydrogens is 252 g/mol. The Hall–Kier alpha value is -1.79. The minimum Gasteiger partial charge on any atom is -0.481 e. The van der Waals surface area contributed by atoms with E-state index in [4.69, 9.17) is 5.11 Å². The number of carboxylic acid groups (broad SMARTS) is 1. The van der Waals surface area contributed by atoms with Crippen LogP contribution in [0.1, 0.15) is 26.7 Å². The molecule has 0 spiro atoms. The number of carboxylic acids is 1. The van der Waals surface area contributed by atoms with Crippen LogP contribution in [0.4, 0.5) is 4.79 Å². The second-order valence-electron chi connectivity index (χ2n) is 4.59. The molecule has 0 saturated carbocycles. The molecule has 0 aliphatic heterocycles. The van der Waals surface area contributed by atoms with Gasteiger partial charge in [-0.25, -0.2) is 4.79 Å². The summed E-state index contributed by atoms with van der Waals surface area (Å²) in [7, 11) is 2.87. The number of hydrogen-bond acceptors (Lipinski definition) is 4. The molecule has 7 nitrogen and oxygen atoms in total. The fraction of sp³-hybridized carbons (Fsp3) is 0.750. The summed E-state index contributed by atoms with van der Waals surface area (Å²) in [6.45, 7) is 3.64. The first-order valence-electron chi connectivity index (χ1n) is 6.09.